The molecule has 1 aromatic heterocycles. The monoisotopic (exact) mass is 374 g/mol. The highest BCUT2D eigenvalue weighted by atomic mass is 19.1. The quantitative estimate of drug-likeness (QED) is 0.463. The highest BCUT2D eigenvalue weighted by Gasteiger charge is 2.27. The van der Waals surface area contributed by atoms with Crippen molar-refractivity contribution in [1.82, 2.24) is 4.98 Å². The van der Waals surface area contributed by atoms with Crippen LogP contribution in [0.1, 0.15) is 10.5 Å². The third-order valence-electron chi connectivity index (χ3n) is 3.69. The van der Waals surface area contributed by atoms with Crippen LogP contribution in [0.25, 0.3) is 10.8 Å². The van der Waals surface area contributed by atoms with E-state index in [4.69, 9.17) is 15.6 Å². The summed E-state index contributed by atoms with van der Waals surface area (Å²) in [6.07, 6.45) is 1.25. The number of ketones is 1. The number of hydrogen-bond acceptors (Lipinski definition) is 6. The molecular weight excluding hydrogens is 362 g/mol. The standard InChI is InChI=1S/C18H12F2N2O5/c19-9-3-10(20)5-12(4-9)27-11-2-1-8-7-22-15(16(23)13(8)6-11)17(24)14(21)18(25)26/h1-7,14,23H,21H2,(H,25,26). The first-order valence-corrected chi connectivity index (χ1v) is 7.54. The molecule has 1 atom stereocenters. The Bertz CT molecular complexity index is 1050. The normalized spacial score (nSPS) is 12.0. The van der Waals surface area contributed by atoms with Gasteiger partial charge in [-0.2, -0.15) is 0 Å². The van der Waals surface area contributed by atoms with Gasteiger partial charge in [-0.05, 0) is 18.2 Å². The third kappa shape index (κ3) is 3.67. The van der Waals surface area contributed by atoms with Crippen molar-refractivity contribution in [2.45, 2.75) is 6.04 Å². The van der Waals surface area contributed by atoms with Crippen LogP contribution < -0.4 is 10.5 Å². The predicted octanol–water partition coefficient (Wildman–Crippen LogP) is 2.61. The molecule has 0 aliphatic carbocycles. The van der Waals surface area contributed by atoms with Gasteiger partial charge in [0.25, 0.3) is 0 Å². The van der Waals surface area contributed by atoms with E-state index in [0.29, 0.717) is 11.5 Å². The molecule has 4 N–H and O–H groups in total. The van der Waals surface area contributed by atoms with Gasteiger partial charge in [0.05, 0.1) is 0 Å². The minimum atomic E-state index is -1.88. The van der Waals surface area contributed by atoms with Crippen LogP contribution in [0.15, 0.2) is 42.6 Å². The summed E-state index contributed by atoms with van der Waals surface area (Å²) < 4.78 is 31.9. The highest BCUT2D eigenvalue weighted by molar-refractivity contribution is 6.13. The lowest BCUT2D eigenvalue weighted by Crippen LogP contribution is -2.38. The Hall–Kier alpha value is -3.59. The van der Waals surface area contributed by atoms with Gasteiger partial charge in [0, 0.05) is 35.2 Å². The summed E-state index contributed by atoms with van der Waals surface area (Å²) in [4.78, 5) is 26.7. The van der Waals surface area contributed by atoms with E-state index in [-0.39, 0.29) is 16.9 Å². The van der Waals surface area contributed by atoms with Gasteiger partial charge >= 0.3 is 5.97 Å². The molecule has 0 radical (unpaired) electrons. The summed E-state index contributed by atoms with van der Waals surface area (Å²) in [5.74, 6) is -4.85. The van der Waals surface area contributed by atoms with E-state index in [9.17, 15) is 23.5 Å². The first-order valence-electron chi connectivity index (χ1n) is 7.54. The van der Waals surface area contributed by atoms with Gasteiger partial charge in [-0.15, -0.1) is 0 Å². The Balaban J connectivity index is 2.02. The zero-order valence-corrected chi connectivity index (χ0v) is 13.5. The number of aliphatic carboxylic acids is 1. The number of fused-ring (bicyclic) bond motifs is 1. The fourth-order valence-corrected chi connectivity index (χ4v) is 2.40. The SMILES string of the molecule is NC(C(=O)O)C(=O)c1ncc2ccc(Oc3cc(F)cc(F)c3)cc2c1O. The molecule has 3 aromatic rings. The molecule has 9 heteroatoms. The van der Waals surface area contributed by atoms with Crippen molar-refractivity contribution in [2.24, 2.45) is 5.73 Å². The second kappa shape index (κ2) is 6.96. The minimum Gasteiger partial charge on any atom is -0.505 e. The van der Waals surface area contributed by atoms with Gasteiger partial charge in [-0.3, -0.25) is 9.59 Å². The summed E-state index contributed by atoms with van der Waals surface area (Å²) >= 11 is 0. The van der Waals surface area contributed by atoms with E-state index in [1.165, 1.54) is 24.4 Å². The number of ether oxygens (including phenoxy) is 1. The average Bonchev–Trinajstić information content (AvgIpc) is 2.60. The first-order chi connectivity index (χ1) is 12.8. The van der Waals surface area contributed by atoms with Crippen molar-refractivity contribution in [3.8, 4) is 17.2 Å². The number of Topliss-reactive ketones (excluding diaryl/α,β-unsaturated/α-hetero) is 1. The lowest BCUT2D eigenvalue weighted by Gasteiger charge is -2.11. The molecule has 1 heterocycles. The van der Waals surface area contributed by atoms with Gasteiger partial charge in [-0.25, -0.2) is 13.8 Å². The fourth-order valence-electron chi connectivity index (χ4n) is 2.40. The van der Waals surface area contributed by atoms with E-state index >= 15 is 0 Å². The van der Waals surface area contributed by atoms with E-state index in [1.807, 2.05) is 0 Å². The molecule has 0 fully saturated rings. The number of rotatable bonds is 5. The summed E-state index contributed by atoms with van der Waals surface area (Å²) in [6.45, 7) is 0. The van der Waals surface area contributed by atoms with Gasteiger partial charge < -0.3 is 20.7 Å². The molecule has 0 saturated carbocycles. The maximum absolute atomic E-state index is 13.3. The van der Waals surface area contributed by atoms with E-state index in [0.717, 1.165) is 12.1 Å². The summed E-state index contributed by atoms with van der Waals surface area (Å²) in [6, 6.07) is 5.04. The first kappa shape index (κ1) is 18.2. The molecule has 0 amide bonds. The molecule has 138 valence electrons. The number of halogens is 2. The van der Waals surface area contributed by atoms with Crippen LogP contribution in [0.3, 0.4) is 0 Å². The fraction of sp³-hybridized carbons (Fsp3) is 0.0556. The molecular formula is C18H12F2N2O5. The van der Waals surface area contributed by atoms with Crippen molar-refractivity contribution < 1.29 is 33.3 Å². The van der Waals surface area contributed by atoms with Crippen LogP contribution in [0.4, 0.5) is 8.78 Å². The van der Waals surface area contributed by atoms with Crippen LogP contribution >= 0.6 is 0 Å². The molecule has 3 rings (SSSR count). The average molecular weight is 374 g/mol. The van der Waals surface area contributed by atoms with Gasteiger partial charge in [0.15, 0.2) is 17.5 Å². The van der Waals surface area contributed by atoms with Crippen LogP contribution in [0, 0.1) is 11.6 Å². The van der Waals surface area contributed by atoms with Crippen molar-refractivity contribution in [2.75, 3.05) is 0 Å². The zero-order valence-electron chi connectivity index (χ0n) is 13.5. The molecule has 27 heavy (non-hydrogen) atoms. The smallest absolute Gasteiger partial charge is 0.328 e. The third-order valence-corrected chi connectivity index (χ3v) is 3.69. The Morgan fingerprint density at radius 3 is 2.37 bits per heavy atom. The second-order valence-corrected chi connectivity index (χ2v) is 5.59. The zero-order chi connectivity index (χ0) is 19.7. The van der Waals surface area contributed by atoms with Crippen LogP contribution in [0.5, 0.6) is 17.2 Å². The number of carboxylic acids is 1. The van der Waals surface area contributed by atoms with Crippen LogP contribution in [-0.2, 0) is 4.79 Å². The second-order valence-electron chi connectivity index (χ2n) is 5.59. The van der Waals surface area contributed by atoms with Crippen molar-refractivity contribution in [3.05, 3.63) is 59.9 Å². The molecule has 1 unspecified atom stereocenters. The van der Waals surface area contributed by atoms with Crippen LogP contribution in [0.2, 0.25) is 0 Å². The van der Waals surface area contributed by atoms with Gasteiger partial charge in [-0.1, -0.05) is 0 Å². The number of pyridine rings is 1. The number of nitrogens with zero attached hydrogens (tertiary/aromatic N) is 1. The largest absolute Gasteiger partial charge is 0.505 e. The topological polar surface area (TPSA) is 123 Å². The number of carboxylic acid groups (broad SMARTS) is 1. The number of benzene rings is 2. The maximum atomic E-state index is 13.3. The van der Waals surface area contributed by atoms with E-state index in [1.54, 1.807) is 0 Å². The number of aromatic hydroxyl groups is 1. The number of carbonyl (C=O) groups is 2. The lowest BCUT2D eigenvalue weighted by molar-refractivity contribution is -0.137. The number of carbonyl (C=O) groups excluding carboxylic acids is 1. The van der Waals surface area contributed by atoms with Gasteiger partial charge in [0.1, 0.15) is 23.1 Å². The van der Waals surface area contributed by atoms with E-state index in [2.05, 4.69) is 4.98 Å². The van der Waals surface area contributed by atoms with Crippen LogP contribution in [-0.4, -0.2) is 33.0 Å². The van der Waals surface area contributed by atoms with Gasteiger partial charge in [0.2, 0.25) is 5.78 Å². The molecule has 0 aliphatic heterocycles. The predicted molar refractivity (Wildman–Crippen MR) is 89.8 cm³/mol. The molecule has 7 nitrogen and oxygen atoms in total. The van der Waals surface area contributed by atoms with Crippen molar-refractivity contribution in [3.63, 3.8) is 0 Å². The Morgan fingerprint density at radius 2 is 1.74 bits per heavy atom. The van der Waals surface area contributed by atoms with Crippen molar-refractivity contribution in [1.29, 1.82) is 0 Å². The number of hydrogen-bond donors (Lipinski definition) is 3. The highest BCUT2D eigenvalue weighted by Crippen LogP contribution is 2.32. The number of aromatic nitrogens is 1. The minimum absolute atomic E-state index is 0.107. The molecule has 0 saturated heterocycles. The number of nitrogens with two attached hydrogens (primary N) is 1. The summed E-state index contributed by atoms with van der Waals surface area (Å²) in [5.41, 5.74) is 4.76. The maximum Gasteiger partial charge on any atom is 0.328 e. The van der Waals surface area contributed by atoms with E-state index < -0.39 is 40.9 Å². The van der Waals surface area contributed by atoms with Crippen molar-refractivity contribution >= 4 is 22.5 Å². The summed E-state index contributed by atoms with van der Waals surface area (Å²) in [7, 11) is 0. The summed E-state index contributed by atoms with van der Waals surface area (Å²) in [5, 5.41) is 19.7. The lowest BCUT2D eigenvalue weighted by atomic mass is 10.1. The Kier molecular flexibility index (Phi) is 4.70. The Morgan fingerprint density at radius 1 is 1.07 bits per heavy atom. The molecule has 0 bridgehead atoms. The molecule has 0 aliphatic rings. The molecule has 0 spiro atoms. The molecule has 2 aromatic carbocycles. The Labute approximate surface area is 150 Å².